The van der Waals surface area contributed by atoms with Crippen LogP contribution < -0.4 is 10.2 Å². The van der Waals surface area contributed by atoms with Crippen LogP contribution in [0.2, 0.25) is 0 Å². The molecule has 2 fully saturated rings. The number of amides is 1. The predicted molar refractivity (Wildman–Crippen MR) is 99.3 cm³/mol. The molecule has 0 aromatic heterocycles. The molecule has 3 rings (SSSR count). The molecule has 0 atom stereocenters. The van der Waals surface area contributed by atoms with Crippen LogP contribution >= 0.6 is 0 Å². The maximum Gasteiger partial charge on any atom is 0.220 e. The number of hydrogen-bond donors (Lipinski definition) is 1. The lowest BCUT2D eigenvalue weighted by Gasteiger charge is -2.34. The van der Waals surface area contributed by atoms with E-state index in [0.29, 0.717) is 12.5 Å². The van der Waals surface area contributed by atoms with E-state index in [4.69, 9.17) is 0 Å². The first-order chi connectivity index (χ1) is 11.8. The molecule has 2 aliphatic rings. The molecule has 1 aromatic carbocycles. The highest BCUT2D eigenvalue weighted by atomic mass is 16.1. The number of para-hydroxylation sites is 1. The lowest BCUT2D eigenvalue weighted by Crippen LogP contribution is -2.44. The SMILES string of the molecule is O=C(CCCN1CCCCC1)NC1CCN(c2ccccc2)CC1. The second kappa shape index (κ2) is 9.07. The molecule has 132 valence electrons. The number of piperidine rings is 2. The molecule has 0 aliphatic carbocycles. The summed E-state index contributed by atoms with van der Waals surface area (Å²) in [5.41, 5.74) is 1.30. The molecule has 0 saturated carbocycles. The lowest BCUT2D eigenvalue weighted by molar-refractivity contribution is -0.122. The zero-order chi connectivity index (χ0) is 16.6. The molecule has 1 N–H and O–H groups in total. The Kier molecular flexibility index (Phi) is 6.53. The van der Waals surface area contributed by atoms with Crippen LogP contribution in [-0.2, 0) is 4.79 Å². The summed E-state index contributed by atoms with van der Waals surface area (Å²) in [6.07, 6.45) is 7.79. The number of likely N-dealkylation sites (tertiary alicyclic amines) is 1. The van der Waals surface area contributed by atoms with E-state index in [2.05, 4.69) is 45.4 Å². The number of carbonyl (C=O) groups excluding carboxylic acids is 1. The molecular weight excluding hydrogens is 298 g/mol. The normalized spacial score (nSPS) is 20.1. The van der Waals surface area contributed by atoms with E-state index in [-0.39, 0.29) is 5.91 Å². The average molecular weight is 329 g/mol. The minimum Gasteiger partial charge on any atom is -0.371 e. The van der Waals surface area contributed by atoms with Crippen LogP contribution in [0.3, 0.4) is 0 Å². The van der Waals surface area contributed by atoms with Crippen LogP contribution in [0.5, 0.6) is 0 Å². The fourth-order valence-electron chi connectivity index (χ4n) is 3.87. The van der Waals surface area contributed by atoms with Gasteiger partial charge >= 0.3 is 0 Å². The van der Waals surface area contributed by atoms with Crippen LogP contribution in [0, 0.1) is 0 Å². The number of rotatable bonds is 6. The fourth-order valence-corrected chi connectivity index (χ4v) is 3.87. The van der Waals surface area contributed by atoms with Crippen molar-refractivity contribution in [2.24, 2.45) is 0 Å². The molecule has 2 aliphatic heterocycles. The van der Waals surface area contributed by atoms with Crippen LogP contribution in [0.4, 0.5) is 5.69 Å². The van der Waals surface area contributed by atoms with Crippen molar-refractivity contribution in [3.05, 3.63) is 30.3 Å². The number of hydrogen-bond acceptors (Lipinski definition) is 3. The maximum atomic E-state index is 12.2. The summed E-state index contributed by atoms with van der Waals surface area (Å²) in [4.78, 5) is 17.1. The zero-order valence-electron chi connectivity index (χ0n) is 14.8. The van der Waals surface area contributed by atoms with Crippen molar-refractivity contribution in [2.75, 3.05) is 37.6 Å². The molecule has 2 heterocycles. The molecule has 0 radical (unpaired) electrons. The van der Waals surface area contributed by atoms with Gasteiger partial charge in [0.1, 0.15) is 0 Å². The Labute approximate surface area is 146 Å². The van der Waals surface area contributed by atoms with Crippen molar-refractivity contribution in [1.82, 2.24) is 10.2 Å². The van der Waals surface area contributed by atoms with Gasteiger partial charge in [0.15, 0.2) is 0 Å². The van der Waals surface area contributed by atoms with Gasteiger partial charge in [0.05, 0.1) is 0 Å². The topological polar surface area (TPSA) is 35.6 Å². The van der Waals surface area contributed by atoms with Crippen molar-refractivity contribution >= 4 is 11.6 Å². The van der Waals surface area contributed by atoms with Crippen LogP contribution in [0.25, 0.3) is 0 Å². The van der Waals surface area contributed by atoms with Gasteiger partial charge in [-0.3, -0.25) is 4.79 Å². The summed E-state index contributed by atoms with van der Waals surface area (Å²) in [5, 5.41) is 3.24. The Morgan fingerprint density at radius 3 is 2.42 bits per heavy atom. The first-order valence-corrected chi connectivity index (χ1v) is 9.63. The van der Waals surface area contributed by atoms with E-state index in [1.165, 1.54) is 38.0 Å². The number of nitrogens with one attached hydrogen (secondary N) is 1. The van der Waals surface area contributed by atoms with Gasteiger partial charge in [0.2, 0.25) is 5.91 Å². The van der Waals surface area contributed by atoms with Gasteiger partial charge in [-0.1, -0.05) is 24.6 Å². The summed E-state index contributed by atoms with van der Waals surface area (Å²) >= 11 is 0. The number of anilines is 1. The van der Waals surface area contributed by atoms with Crippen LogP contribution in [0.15, 0.2) is 30.3 Å². The predicted octanol–water partition coefficient (Wildman–Crippen LogP) is 3.04. The Morgan fingerprint density at radius 1 is 1.00 bits per heavy atom. The zero-order valence-corrected chi connectivity index (χ0v) is 14.8. The molecule has 0 unspecified atom stereocenters. The van der Waals surface area contributed by atoms with E-state index in [1.807, 2.05) is 0 Å². The van der Waals surface area contributed by atoms with E-state index >= 15 is 0 Å². The van der Waals surface area contributed by atoms with Gasteiger partial charge in [-0.25, -0.2) is 0 Å². The minimum atomic E-state index is 0.241. The first kappa shape index (κ1) is 17.3. The summed E-state index contributed by atoms with van der Waals surface area (Å²) in [7, 11) is 0. The third-order valence-electron chi connectivity index (χ3n) is 5.31. The highest BCUT2D eigenvalue weighted by Gasteiger charge is 2.20. The van der Waals surface area contributed by atoms with Gasteiger partial charge in [-0.05, 0) is 63.9 Å². The summed E-state index contributed by atoms with van der Waals surface area (Å²) in [5.74, 6) is 0.241. The molecule has 24 heavy (non-hydrogen) atoms. The molecule has 1 aromatic rings. The van der Waals surface area contributed by atoms with Gasteiger partial charge in [-0.15, -0.1) is 0 Å². The lowest BCUT2D eigenvalue weighted by atomic mass is 10.0. The molecule has 1 amide bonds. The summed E-state index contributed by atoms with van der Waals surface area (Å²) in [6, 6.07) is 10.9. The fraction of sp³-hybridized carbons (Fsp3) is 0.650. The van der Waals surface area contributed by atoms with Crippen LogP contribution in [0.1, 0.15) is 44.9 Å². The Bertz CT molecular complexity index is 491. The Morgan fingerprint density at radius 2 is 1.71 bits per heavy atom. The maximum absolute atomic E-state index is 12.2. The van der Waals surface area contributed by atoms with Gasteiger partial charge in [0.25, 0.3) is 0 Å². The van der Waals surface area contributed by atoms with E-state index in [0.717, 1.165) is 38.9 Å². The highest BCUT2D eigenvalue weighted by Crippen LogP contribution is 2.19. The second-order valence-corrected chi connectivity index (χ2v) is 7.17. The van der Waals surface area contributed by atoms with E-state index in [1.54, 1.807) is 0 Å². The molecule has 4 nitrogen and oxygen atoms in total. The monoisotopic (exact) mass is 329 g/mol. The number of nitrogens with zero attached hydrogens (tertiary/aromatic N) is 2. The quantitative estimate of drug-likeness (QED) is 0.871. The number of benzene rings is 1. The van der Waals surface area contributed by atoms with Crippen molar-refractivity contribution in [2.45, 2.75) is 51.0 Å². The van der Waals surface area contributed by atoms with Crippen molar-refractivity contribution in [3.63, 3.8) is 0 Å². The van der Waals surface area contributed by atoms with Gasteiger partial charge in [-0.2, -0.15) is 0 Å². The Hall–Kier alpha value is -1.55. The van der Waals surface area contributed by atoms with E-state index < -0.39 is 0 Å². The first-order valence-electron chi connectivity index (χ1n) is 9.63. The molecule has 2 saturated heterocycles. The van der Waals surface area contributed by atoms with Crippen molar-refractivity contribution < 1.29 is 4.79 Å². The second-order valence-electron chi connectivity index (χ2n) is 7.17. The third kappa shape index (κ3) is 5.23. The molecule has 0 spiro atoms. The summed E-state index contributed by atoms with van der Waals surface area (Å²) < 4.78 is 0. The van der Waals surface area contributed by atoms with Crippen molar-refractivity contribution in [1.29, 1.82) is 0 Å². The Balaban J connectivity index is 1.31. The van der Waals surface area contributed by atoms with E-state index in [9.17, 15) is 4.79 Å². The minimum absolute atomic E-state index is 0.241. The molecule has 0 bridgehead atoms. The number of carbonyl (C=O) groups is 1. The summed E-state index contributed by atoms with van der Waals surface area (Å²) in [6.45, 7) is 5.59. The van der Waals surface area contributed by atoms with Gasteiger partial charge < -0.3 is 15.1 Å². The molecule has 4 heteroatoms. The smallest absolute Gasteiger partial charge is 0.220 e. The highest BCUT2D eigenvalue weighted by molar-refractivity contribution is 5.76. The molecular formula is C20H31N3O. The van der Waals surface area contributed by atoms with Crippen molar-refractivity contribution in [3.8, 4) is 0 Å². The van der Waals surface area contributed by atoms with Gasteiger partial charge in [0, 0.05) is 31.2 Å². The largest absolute Gasteiger partial charge is 0.371 e. The van der Waals surface area contributed by atoms with Crippen LogP contribution in [-0.4, -0.2) is 49.6 Å². The average Bonchev–Trinajstić information content (AvgIpc) is 2.64. The third-order valence-corrected chi connectivity index (χ3v) is 5.31. The standard InChI is InChI=1S/C20H31N3O/c24-20(10-7-15-22-13-5-2-6-14-22)21-18-11-16-23(17-12-18)19-8-3-1-4-9-19/h1,3-4,8-9,18H,2,5-7,10-17H2,(H,21,24).